The van der Waals surface area contributed by atoms with Crippen molar-refractivity contribution in [1.82, 2.24) is 14.7 Å². The number of piperazine rings is 2. The number of anilines is 1. The predicted octanol–water partition coefficient (Wildman–Crippen LogP) is 2.37. The standard InChI is InChI=1S/C24H31N5O3/c1-20-3-2-4-21(17-20)18-25-11-15-28(16-12-25)24(30)19-26-9-13-27(14-10-26)22-5-7-23(8-6-22)29(31)32/h2-8,17H,9-16,18-19H2,1H3. The fourth-order valence-corrected chi connectivity index (χ4v) is 4.46. The Bertz CT molecular complexity index is 933. The molecule has 8 heteroatoms. The van der Waals surface area contributed by atoms with Crippen LogP contribution in [-0.4, -0.2) is 84.4 Å². The van der Waals surface area contributed by atoms with Crippen molar-refractivity contribution in [3.8, 4) is 0 Å². The van der Waals surface area contributed by atoms with Crippen LogP contribution in [0, 0.1) is 17.0 Å². The van der Waals surface area contributed by atoms with Crippen LogP contribution in [0.25, 0.3) is 0 Å². The summed E-state index contributed by atoms with van der Waals surface area (Å²) >= 11 is 0. The average molecular weight is 438 g/mol. The second-order valence-electron chi connectivity index (χ2n) is 8.68. The highest BCUT2D eigenvalue weighted by atomic mass is 16.6. The topological polar surface area (TPSA) is 73.2 Å². The monoisotopic (exact) mass is 437 g/mol. The lowest BCUT2D eigenvalue weighted by Gasteiger charge is -2.38. The zero-order valence-electron chi connectivity index (χ0n) is 18.7. The van der Waals surface area contributed by atoms with Crippen LogP contribution in [0.5, 0.6) is 0 Å². The van der Waals surface area contributed by atoms with Gasteiger partial charge < -0.3 is 9.80 Å². The third-order valence-electron chi connectivity index (χ3n) is 6.37. The predicted molar refractivity (Wildman–Crippen MR) is 125 cm³/mol. The normalized spacial score (nSPS) is 18.0. The molecule has 2 fully saturated rings. The van der Waals surface area contributed by atoms with Gasteiger partial charge in [0.2, 0.25) is 5.91 Å². The van der Waals surface area contributed by atoms with Crippen LogP contribution in [-0.2, 0) is 11.3 Å². The molecule has 2 aromatic carbocycles. The number of aryl methyl sites for hydroxylation is 1. The highest BCUT2D eigenvalue weighted by molar-refractivity contribution is 5.78. The van der Waals surface area contributed by atoms with Gasteiger partial charge in [0.1, 0.15) is 0 Å². The largest absolute Gasteiger partial charge is 0.369 e. The minimum atomic E-state index is -0.379. The molecule has 0 radical (unpaired) electrons. The van der Waals surface area contributed by atoms with Crippen LogP contribution in [0.2, 0.25) is 0 Å². The molecule has 0 unspecified atom stereocenters. The summed E-state index contributed by atoms with van der Waals surface area (Å²) in [6.07, 6.45) is 0. The molecule has 2 aliphatic rings. The molecule has 2 aromatic rings. The second-order valence-corrected chi connectivity index (χ2v) is 8.68. The lowest BCUT2D eigenvalue weighted by Crippen LogP contribution is -2.53. The van der Waals surface area contributed by atoms with Gasteiger partial charge in [0.15, 0.2) is 0 Å². The van der Waals surface area contributed by atoms with Gasteiger partial charge >= 0.3 is 0 Å². The quantitative estimate of drug-likeness (QED) is 0.510. The van der Waals surface area contributed by atoms with Crippen LogP contribution in [0.1, 0.15) is 11.1 Å². The van der Waals surface area contributed by atoms with Crippen LogP contribution < -0.4 is 4.90 Å². The van der Waals surface area contributed by atoms with Gasteiger partial charge in [-0.25, -0.2) is 0 Å². The number of hydrogen-bond acceptors (Lipinski definition) is 6. The van der Waals surface area contributed by atoms with Crippen molar-refractivity contribution in [2.75, 3.05) is 63.8 Å². The van der Waals surface area contributed by atoms with E-state index in [1.54, 1.807) is 24.3 Å². The zero-order chi connectivity index (χ0) is 22.5. The van der Waals surface area contributed by atoms with E-state index >= 15 is 0 Å². The highest BCUT2D eigenvalue weighted by Gasteiger charge is 2.25. The maximum atomic E-state index is 12.8. The van der Waals surface area contributed by atoms with Gasteiger partial charge in [-0.15, -0.1) is 0 Å². The van der Waals surface area contributed by atoms with Crippen molar-refractivity contribution >= 4 is 17.3 Å². The summed E-state index contributed by atoms with van der Waals surface area (Å²) in [7, 11) is 0. The molecule has 170 valence electrons. The number of amides is 1. The Morgan fingerprint density at radius 1 is 0.906 bits per heavy atom. The van der Waals surface area contributed by atoms with Crippen LogP contribution >= 0.6 is 0 Å². The SMILES string of the molecule is Cc1cccc(CN2CCN(C(=O)CN3CCN(c4ccc([N+](=O)[O-])cc4)CC3)CC2)c1. The zero-order valence-corrected chi connectivity index (χ0v) is 18.7. The Balaban J connectivity index is 1.19. The average Bonchev–Trinajstić information content (AvgIpc) is 2.80. The molecule has 0 aromatic heterocycles. The van der Waals surface area contributed by atoms with Gasteiger partial charge in [-0.3, -0.25) is 24.7 Å². The summed E-state index contributed by atoms with van der Waals surface area (Å²) in [6, 6.07) is 15.3. The molecule has 0 bridgehead atoms. The van der Waals surface area contributed by atoms with Crippen LogP contribution in [0.3, 0.4) is 0 Å². The van der Waals surface area contributed by atoms with E-state index in [1.165, 1.54) is 11.1 Å². The molecule has 4 rings (SSSR count). The fourth-order valence-electron chi connectivity index (χ4n) is 4.46. The third-order valence-corrected chi connectivity index (χ3v) is 6.37. The minimum Gasteiger partial charge on any atom is -0.369 e. The first-order valence-electron chi connectivity index (χ1n) is 11.3. The van der Waals surface area contributed by atoms with Crippen molar-refractivity contribution in [2.45, 2.75) is 13.5 Å². The summed E-state index contributed by atoms with van der Waals surface area (Å²) in [5, 5.41) is 10.8. The number of nitro benzene ring substituents is 1. The first-order valence-corrected chi connectivity index (χ1v) is 11.3. The first kappa shape index (κ1) is 22.2. The Morgan fingerprint density at radius 2 is 1.56 bits per heavy atom. The summed E-state index contributed by atoms with van der Waals surface area (Å²) in [5.74, 6) is 0.212. The van der Waals surface area contributed by atoms with Crippen LogP contribution in [0.15, 0.2) is 48.5 Å². The van der Waals surface area contributed by atoms with E-state index < -0.39 is 0 Å². The van der Waals surface area contributed by atoms with Gasteiger partial charge in [0.05, 0.1) is 11.5 Å². The molecule has 8 nitrogen and oxygen atoms in total. The number of non-ortho nitro benzene ring substituents is 1. The van der Waals surface area contributed by atoms with Crippen molar-refractivity contribution in [1.29, 1.82) is 0 Å². The fraction of sp³-hybridized carbons (Fsp3) is 0.458. The molecular weight excluding hydrogens is 406 g/mol. The van der Waals surface area contributed by atoms with Gasteiger partial charge in [-0.1, -0.05) is 29.8 Å². The number of benzene rings is 2. The van der Waals surface area contributed by atoms with E-state index in [0.29, 0.717) is 6.54 Å². The van der Waals surface area contributed by atoms with Crippen LogP contribution in [0.4, 0.5) is 11.4 Å². The van der Waals surface area contributed by atoms with Gasteiger partial charge in [-0.05, 0) is 24.6 Å². The van der Waals surface area contributed by atoms with E-state index in [9.17, 15) is 14.9 Å². The molecule has 0 spiro atoms. The smallest absolute Gasteiger partial charge is 0.269 e. The molecule has 2 heterocycles. The Morgan fingerprint density at radius 3 is 2.19 bits per heavy atom. The molecule has 32 heavy (non-hydrogen) atoms. The summed E-state index contributed by atoms with van der Waals surface area (Å²) in [6.45, 7) is 10.2. The van der Waals surface area contributed by atoms with E-state index in [0.717, 1.165) is 64.6 Å². The number of rotatable bonds is 6. The van der Waals surface area contributed by atoms with Gasteiger partial charge in [0, 0.05) is 76.7 Å². The molecular formula is C24H31N5O3. The maximum Gasteiger partial charge on any atom is 0.269 e. The Hall–Kier alpha value is -2.97. The lowest BCUT2D eigenvalue weighted by molar-refractivity contribution is -0.384. The van der Waals surface area contributed by atoms with Crippen molar-refractivity contribution in [3.63, 3.8) is 0 Å². The van der Waals surface area contributed by atoms with Crippen molar-refractivity contribution in [2.24, 2.45) is 0 Å². The van der Waals surface area contributed by atoms with E-state index in [4.69, 9.17) is 0 Å². The van der Waals surface area contributed by atoms with Gasteiger partial charge in [0.25, 0.3) is 5.69 Å². The van der Waals surface area contributed by atoms with Gasteiger partial charge in [-0.2, -0.15) is 0 Å². The molecule has 2 saturated heterocycles. The lowest BCUT2D eigenvalue weighted by atomic mass is 10.1. The summed E-state index contributed by atoms with van der Waals surface area (Å²) < 4.78 is 0. The summed E-state index contributed by atoms with van der Waals surface area (Å²) in [4.78, 5) is 32.1. The molecule has 2 aliphatic heterocycles. The number of carbonyl (C=O) groups is 1. The highest BCUT2D eigenvalue weighted by Crippen LogP contribution is 2.20. The first-order chi connectivity index (χ1) is 15.5. The van der Waals surface area contributed by atoms with Crippen molar-refractivity contribution < 1.29 is 9.72 Å². The molecule has 1 amide bonds. The number of hydrogen-bond donors (Lipinski definition) is 0. The minimum absolute atomic E-state index is 0.108. The third kappa shape index (κ3) is 5.63. The van der Waals surface area contributed by atoms with E-state index in [-0.39, 0.29) is 16.5 Å². The second kappa shape index (κ2) is 10.1. The number of carbonyl (C=O) groups excluding carboxylic acids is 1. The van der Waals surface area contributed by atoms with Crippen molar-refractivity contribution in [3.05, 3.63) is 69.8 Å². The van der Waals surface area contributed by atoms with E-state index in [1.807, 2.05) is 4.90 Å². The van der Waals surface area contributed by atoms with E-state index in [2.05, 4.69) is 45.9 Å². The molecule has 0 N–H and O–H groups in total. The number of nitro groups is 1. The molecule has 0 saturated carbocycles. The molecule has 0 aliphatic carbocycles. The molecule has 0 atom stereocenters. The number of nitrogens with zero attached hydrogens (tertiary/aromatic N) is 5. The summed E-state index contributed by atoms with van der Waals surface area (Å²) in [5.41, 5.74) is 3.71. The Kier molecular flexibility index (Phi) is 7.02. The maximum absolute atomic E-state index is 12.8. The Labute approximate surface area is 189 Å².